The summed E-state index contributed by atoms with van der Waals surface area (Å²) in [5, 5.41) is 12.2. The number of alkyl halides is 3. The molecule has 4 rings (SSSR count). The number of benzene rings is 3. The molecule has 0 aliphatic carbocycles. The molecule has 4 N–H and O–H groups in total. The Balaban J connectivity index is 1.51. The van der Waals surface area contributed by atoms with Crippen LogP contribution in [-0.2, 0) is 15.8 Å². The lowest BCUT2D eigenvalue weighted by molar-refractivity contribution is -0.137. The van der Waals surface area contributed by atoms with Crippen molar-refractivity contribution >= 4 is 52.1 Å². The molecule has 3 aromatic rings. The average Bonchev–Trinajstić information content (AvgIpc) is 2.93. The van der Waals surface area contributed by atoms with E-state index < -0.39 is 30.3 Å². The van der Waals surface area contributed by atoms with Crippen LogP contribution in [0.1, 0.15) is 29.7 Å². The molecule has 0 aromatic heterocycles. The molecule has 220 valence electrons. The molecule has 8 nitrogen and oxygen atoms in total. The van der Waals surface area contributed by atoms with Gasteiger partial charge in [-0.3, -0.25) is 9.59 Å². The fourth-order valence-corrected chi connectivity index (χ4v) is 4.70. The van der Waals surface area contributed by atoms with Gasteiger partial charge in [-0.05, 0) is 79.7 Å². The lowest BCUT2D eigenvalue weighted by Gasteiger charge is -2.31. The van der Waals surface area contributed by atoms with Crippen molar-refractivity contribution in [2.75, 3.05) is 24.4 Å². The van der Waals surface area contributed by atoms with Crippen LogP contribution < -0.4 is 30.7 Å². The topological polar surface area (TPSA) is 101 Å². The summed E-state index contributed by atoms with van der Waals surface area (Å²) in [5.74, 6) is -0.581. The largest absolute Gasteiger partial charge is 0.493 e. The monoisotopic (exact) mass is 618 g/mol. The molecule has 1 atom stereocenters. The zero-order valence-electron chi connectivity index (χ0n) is 22.6. The van der Waals surface area contributed by atoms with Gasteiger partial charge in [0.2, 0.25) is 0 Å². The standard InChI is InChI=1S/C29H26ClF3N4O4S/c1-15-7-9-19(30)13-21(15)36-27(39)25-16(2)34-28(42)37-26(25)17-8-10-22(23(11-17)40-3)41-14-24(38)35-20-6-4-5-18(12-20)29(31,32)33/h4-13,26H,14H2,1-3H3,(H,35,38)(H,36,39)(H2,34,37,42)/t26-/m0/s1. The maximum absolute atomic E-state index is 13.5. The Labute approximate surface area is 250 Å². The quantitative estimate of drug-likeness (QED) is 0.226. The van der Waals surface area contributed by atoms with Crippen molar-refractivity contribution in [2.24, 2.45) is 0 Å². The minimum absolute atomic E-state index is 0.0189. The Bertz CT molecular complexity index is 1580. The van der Waals surface area contributed by atoms with Crippen LogP contribution in [-0.4, -0.2) is 30.6 Å². The molecule has 0 saturated carbocycles. The van der Waals surface area contributed by atoms with Gasteiger partial charge in [-0.1, -0.05) is 29.8 Å². The number of aryl methyl sites for hydroxylation is 1. The number of carbonyl (C=O) groups excluding carboxylic acids is 2. The van der Waals surface area contributed by atoms with Crippen molar-refractivity contribution in [3.8, 4) is 11.5 Å². The summed E-state index contributed by atoms with van der Waals surface area (Å²) in [6.07, 6.45) is -4.54. The number of ether oxygens (including phenoxy) is 2. The van der Waals surface area contributed by atoms with Gasteiger partial charge in [0.1, 0.15) is 0 Å². The van der Waals surface area contributed by atoms with Crippen LogP contribution in [0.2, 0.25) is 5.02 Å². The predicted octanol–water partition coefficient (Wildman–Crippen LogP) is 6.12. The smallest absolute Gasteiger partial charge is 0.416 e. The molecule has 0 bridgehead atoms. The molecule has 0 spiro atoms. The Hall–Kier alpha value is -4.29. The number of hydrogen-bond acceptors (Lipinski definition) is 5. The highest BCUT2D eigenvalue weighted by Gasteiger charge is 2.32. The molecule has 13 heteroatoms. The first-order valence-electron chi connectivity index (χ1n) is 12.5. The fourth-order valence-electron chi connectivity index (χ4n) is 4.26. The van der Waals surface area contributed by atoms with Crippen LogP contribution in [0.3, 0.4) is 0 Å². The molecule has 1 aliphatic heterocycles. The molecule has 0 fully saturated rings. The molecule has 2 amide bonds. The molecular weight excluding hydrogens is 593 g/mol. The van der Waals surface area contributed by atoms with Crippen molar-refractivity contribution in [3.63, 3.8) is 0 Å². The zero-order valence-corrected chi connectivity index (χ0v) is 24.2. The van der Waals surface area contributed by atoms with E-state index >= 15 is 0 Å². The second kappa shape index (κ2) is 12.7. The van der Waals surface area contributed by atoms with E-state index in [0.29, 0.717) is 32.7 Å². The molecule has 0 unspecified atom stereocenters. The van der Waals surface area contributed by atoms with E-state index in [1.54, 1.807) is 43.3 Å². The molecular formula is C29H26ClF3N4O4S. The average molecular weight is 619 g/mol. The van der Waals surface area contributed by atoms with Crippen molar-refractivity contribution < 1.29 is 32.2 Å². The van der Waals surface area contributed by atoms with E-state index in [1.807, 2.05) is 6.92 Å². The lowest BCUT2D eigenvalue weighted by Crippen LogP contribution is -2.45. The first kappa shape index (κ1) is 30.7. The summed E-state index contributed by atoms with van der Waals surface area (Å²) in [7, 11) is 1.41. The number of anilines is 2. The van der Waals surface area contributed by atoms with E-state index in [0.717, 1.165) is 17.7 Å². The Morgan fingerprint density at radius 2 is 1.79 bits per heavy atom. The number of halogens is 4. The van der Waals surface area contributed by atoms with Gasteiger partial charge in [0.25, 0.3) is 11.8 Å². The number of amides is 2. The van der Waals surface area contributed by atoms with E-state index in [2.05, 4.69) is 21.3 Å². The lowest BCUT2D eigenvalue weighted by atomic mass is 9.94. The summed E-state index contributed by atoms with van der Waals surface area (Å²) < 4.78 is 50.0. The third kappa shape index (κ3) is 7.31. The zero-order chi connectivity index (χ0) is 30.6. The van der Waals surface area contributed by atoms with Crippen LogP contribution in [0.4, 0.5) is 24.5 Å². The second-order valence-electron chi connectivity index (χ2n) is 9.31. The summed E-state index contributed by atoms with van der Waals surface area (Å²) in [4.78, 5) is 25.9. The predicted molar refractivity (Wildman–Crippen MR) is 158 cm³/mol. The number of allylic oxidation sites excluding steroid dienone is 1. The number of rotatable bonds is 8. The normalized spacial score (nSPS) is 14.9. The molecule has 42 heavy (non-hydrogen) atoms. The van der Waals surface area contributed by atoms with Crippen LogP contribution in [0, 0.1) is 6.92 Å². The van der Waals surface area contributed by atoms with E-state index in [1.165, 1.54) is 19.2 Å². The summed E-state index contributed by atoms with van der Waals surface area (Å²) >= 11 is 11.5. The van der Waals surface area contributed by atoms with Gasteiger partial charge in [0.15, 0.2) is 23.2 Å². The number of methoxy groups -OCH3 is 1. The van der Waals surface area contributed by atoms with Crippen molar-refractivity contribution in [1.29, 1.82) is 0 Å². The maximum atomic E-state index is 13.5. The Morgan fingerprint density at radius 3 is 2.50 bits per heavy atom. The van der Waals surface area contributed by atoms with Gasteiger partial charge >= 0.3 is 6.18 Å². The minimum Gasteiger partial charge on any atom is -0.493 e. The van der Waals surface area contributed by atoms with Crippen LogP contribution >= 0.6 is 23.8 Å². The van der Waals surface area contributed by atoms with Gasteiger partial charge in [-0.25, -0.2) is 0 Å². The van der Waals surface area contributed by atoms with Gasteiger partial charge in [0, 0.05) is 22.1 Å². The molecule has 3 aromatic carbocycles. The molecule has 1 heterocycles. The van der Waals surface area contributed by atoms with E-state index in [-0.39, 0.29) is 23.1 Å². The van der Waals surface area contributed by atoms with Crippen LogP contribution in [0.25, 0.3) is 0 Å². The maximum Gasteiger partial charge on any atom is 0.416 e. The fraction of sp³-hybridized carbons (Fsp3) is 0.207. The summed E-state index contributed by atoms with van der Waals surface area (Å²) in [6, 6.07) is 13.7. The van der Waals surface area contributed by atoms with Crippen molar-refractivity contribution in [1.82, 2.24) is 10.6 Å². The number of thiocarbonyl (C=S) groups is 1. The first-order valence-corrected chi connectivity index (χ1v) is 13.3. The number of hydrogen-bond donors (Lipinski definition) is 4. The molecule has 0 saturated heterocycles. The highest BCUT2D eigenvalue weighted by Crippen LogP contribution is 2.35. The van der Waals surface area contributed by atoms with Crippen molar-refractivity contribution in [3.05, 3.63) is 93.6 Å². The first-order chi connectivity index (χ1) is 19.8. The minimum atomic E-state index is -4.54. The number of carbonyl (C=O) groups is 2. The second-order valence-corrected chi connectivity index (χ2v) is 10.2. The highest BCUT2D eigenvalue weighted by molar-refractivity contribution is 7.80. The van der Waals surface area contributed by atoms with Gasteiger partial charge in [0.05, 0.1) is 24.3 Å². The Kier molecular flexibility index (Phi) is 9.27. The molecule has 0 radical (unpaired) electrons. The third-order valence-electron chi connectivity index (χ3n) is 6.32. The van der Waals surface area contributed by atoms with E-state index in [9.17, 15) is 22.8 Å². The number of nitrogens with one attached hydrogen (secondary N) is 4. The summed E-state index contributed by atoms with van der Waals surface area (Å²) in [5.41, 5.74) is 2.02. The Morgan fingerprint density at radius 1 is 1.02 bits per heavy atom. The van der Waals surface area contributed by atoms with E-state index in [4.69, 9.17) is 33.3 Å². The molecule has 1 aliphatic rings. The highest BCUT2D eigenvalue weighted by atomic mass is 35.5. The van der Waals surface area contributed by atoms with Gasteiger partial charge in [-0.2, -0.15) is 13.2 Å². The van der Waals surface area contributed by atoms with Gasteiger partial charge < -0.3 is 30.7 Å². The summed E-state index contributed by atoms with van der Waals surface area (Å²) in [6.45, 7) is 3.09. The van der Waals surface area contributed by atoms with Crippen molar-refractivity contribution in [2.45, 2.75) is 26.1 Å². The third-order valence-corrected chi connectivity index (χ3v) is 6.77. The SMILES string of the molecule is COc1cc([C@@H]2NC(=S)NC(C)=C2C(=O)Nc2cc(Cl)ccc2C)ccc1OCC(=O)Nc1cccc(C(F)(F)F)c1. The van der Waals surface area contributed by atoms with Gasteiger partial charge in [-0.15, -0.1) is 0 Å². The van der Waals surface area contributed by atoms with Crippen LogP contribution in [0.15, 0.2) is 71.9 Å². The van der Waals surface area contributed by atoms with Crippen LogP contribution in [0.5, 0.6) is 11.5 Å².